The Morgan fingerprint density at radius 2 is 2.17 bits per heavy atom. The van der Waals surface area contributed by atoms with Crippen molar-refractivity contribution in [3.63, 3.8) is 0 Å². The first-order valence-corrected chi connectivity index (χ1v) is 7.46. The van der Waals surface area contributed by atoms with Crippen LogP contribution in [0.3, 0.4) is 0 Å². The van der Waals surface area contributed by atoms with Crippen LogP contribution in [0.4, 0.5) is 0 Å². The molecule has 1 aliphatic carbocycles. The van der Waals surface area contributed by atoms with E-state index in [1.54, 1.807) is 11.3 Å². The second-order valence-electron chi connectivity index (χ2n) is 4.83. The van der Waals surface area contributed by atoms with Crippen LogP contribution < -0.4 is 5.32 Å². The number of aromatic nitrogens is 1. The van der Waals surface area contributed by atoms with Crippen LogP contribution in [0.25, 0.3) is 10.6 Å². The number of benzene rings is 1. The Hall–Kier alpha value is -1.19. The van der Waals surface area contributed by atoms with Gasteiger partial charge >= 0.3 is 0 Å². The van der Waals surface area contributed by atoms with Crippen LogP contribution in [-0.4, -0.2) is 18.6 Å². The van der Waals surface area contributed by atoms with Crippen LogP contribution >= 0.6 is 11.3 Å². The first-order valence-electron chi connectivity index (χ1n) is 6.58. The lowest BCUT2D eigenvalue weighted by Gasteiger charge is -2.01. The molecule has 3 rings (SSSR count). The zero-order valence-corrected chi connectivity index (χ0v) is 11.5. The van der Waals surface area contributed by atoms with Crippen molar-refractivity contribution in [3.05, 3.63) is 40.4 Å². The molecule has 1 aromatic carbocycles. The van der Waals surface area contributed by atoms with Crippen LogP contribution in [0, 0.1) is 0 Å². The quantitative estimate of drug-likeness (QED) is 0.911. The highest BCUT2D eigenvalue weighted by molar-refractivity contribution is 7.13. The highest BCUT2D eigenvalue weighted by Gasteiger charge is 2.12. The number of nitrogens with one attached hydrogen (secondary N) is 1. The Morgan fingerprint density at radius 1 is 1.28 bits per heavy atom. The van der Waals surface area contributed by atoms with Gasteiger partial charge < -0.3 is 5.32 Å². The van der Waals surface area contributed by atoms with E-state index in [2.05, 4.69) is 28.9 Å². The summed E-state index contributed by atoms with van der Waals surface area (Å²) in [5.74, 6) is 0. The summed E-state index contributed by atoms with van der Waals surface area (Å²) < 4.78 is 0. The summed E-state index contributed by atoms with van der Waals surface area (Å²) in [6, 6.07) is 6.85. The van der Waals surface area contributed by atoms with E-state index >= 15 is 0 Å². The topological polar surface area (TPSA) is 24.9 Å². The maximum atomic E-state index is 4.72. The van der Waals surface area contributed by atoms with E-state index < -0.39 is 0 Å². The maximum absolute atomic E-state index is 4.72. The minimum absolute atomic E-state index is 0.993. The van der Waals surface area contributed by atoms with E-state index in [1.165, 1.54) is 41.6 Å². The maximum Gasteiger partial charge on any atom is 0.123 e. The predicted octanol–water partition coefficient (Wildman–Crippen LogP) is 3.06. The van der Waals surface area contributed by atoms with Gasteiger partial charge in [-0.1, -0.05) is 12.1 Å². The number of rotatable bonds is 4. The van der Waals surface area contributed by atoms with Gasteiger partial charge in [0.2, 0.25) is 0 Å². The van der Waals surface area contributed by atoms with Crippen molar-refractivity contribution in [1.29, 1.82) is 0 Å². The molecule has 3 heteroatoms. The summed E-state index contributed by atoms with van der Waals surface area (Å²) in [5.41, 5.74) is 5.55. The number of hydrogen-bond acceptors (Lipinski definition) is 3. The van der Waals surface area contributed by atoms with Crippen LogP contribution in [0.2, 0.25) is 0 Å². The van der Waals surface area contributed by atoms with Crippen molar-refractivity contribution in [1.82, 2.24) is 10.3 Å². The van der Waals surface area contributed by atoms with Crippen molar-refractivity contribution in [2.24, 2.45) is 0 Å². The summed E-state index contributed by atoms with van der Waals surface area (Å²) in [4.78, 5) is 4.72. The Morgan fingerprint density at radius 3 is 3.06 bits per heavy atom. The zero-order valence-electron chi connectivity index (χ0n) is 10.7. The van der Waals surface area contributed by atoms with Gasteiger partial charge in [-0.25, -0.2) is 4.98 Å². The van der Waals surface area contributed by atoms with Crippen molar-refractivity contribution in [2.45, 2.75) is 25.7 Å². The third-order valence-corrected chi connectivity index (χ3v) is 4.47. The number of fused-ring (bicyclic) bond motifs is 1. The normalized spacial score (nSPS) is 13.8. The first kappa shape index (κ1) is 11.9. The van der Waals surface area contributed by atoms with Crippen molar-refractivity contribution in [3.8, 4) is 10.6 Å². The van der Waals surface area contributed by atoms with Crippen molar-refractivity contribution in [2.75, 3.05) is 13.6 Å². The molecule has 0 saturated carbocycles. The van der Waals surface area contributed by atoms with Gasteiger partial charge in [0.1, 0.15) is 5.01 Å². The molecule has 0 saturated heterocycles. The molecule has 94 valence electrons. The van der Waals surface area contributed by atoms with E-state index in [-0.39, 0.29) is 0 Å². The Balaban J connectivity index is 1.83. The van der Waals surface area contributed by atoms with Gasteiger partial charge in [0.05, 0.1) is 5.69 Å². The van der Waals surface area contributed by atoms with E-state index in [1.807, 2.05) is 7.05 Å². The van der Waals surface area contributed by atoms with E-state index in [0.717, 1.165) is 18.0 Å². The van der Waals surface area contributed by atoms with E-state index in [9.17, 15) is 0 Å². The number of nitrogens with zero attached hydrogens (tertiary/aromatic N) is 1. The van der Waals surface area contributed by atoms with Gasteiger partial charge in [0.25, 0.3) is 0 Å². The molecule has 0 amide bonds. The monoisotopic (exact) mass is 258 g/mol. The lowest BCUT2D eigenvalue weighted by molar-refractivity contribution is 0.780. The van der Waals surface area contributed by atoms with Crippen molar-refractivity contribution < 1.29 is 0 Å². The molecule has 0 radical (unpaired) electrons. The smallest absolute Gasteiger partial charge is 0.123 e. The van der Waals surface area contributed by atoms with Gasteiger partial charge in [-0.3, -0.25) is 0 Å². The predicted molar refractivity (Wildman–Crippen MR) is 77.2 cm³/mol. The molecule has 1 aromatic heterocycles. The highest BCUT2D eigenvalue weighted by atomic mass is 32.1. The third kappa shape index (κ3) is 2.33. The molecular weight excluding hydrogens is 240 g/mol. The Bertz CT molecular complexity index is 545. The SMILES string of the molecule is CNCCc1csc(-c2ccc3c(c2)CCC3)n1. The van der Waals surface area contributed by atoms with Gasteiger partial charge in [-0.2, -0.15) is 0 Å². The first-order chi connectivity index (χ1) is 8.86. The van der Waals surface area contributed by atoms with E-state index in [0.29, 0.717) is 0 Å². The average molecular weight is 258 g/mol. The van der Waals surface area contributed by atoms with Crippen LogP contribution in [0.1, 0.15) is 23.2 Å². The molecular formula is C15H18N2S. The molecule has 0 atom stereocenters. The molecule has 0 fully saturated rings. The summed E-state index contributed by atoms with van der Waals surface area (Å²) in [6.45, 7) is 0.993. The molecule has 0 spiro atoms. The number of aryl methyl sites for hydroxylation is 2. The lowest BCUT2D eigenvalue weighted by Crippen LogP contribution is -2.10. The number of likely N-dealkylation sites (N-methyl/N-ethyl adjacent to an activating group) is 1. The fourth-order valence-corrected chi connectivity index (χ4v) is 3.36. The van der Waals surface area contributed by atoms with Gasteiger partial charge in [0.15, 0.2) is 0 Å². The zero-order chi connectivity index (χ0) is 12.4. The van der Waals surface area contributed by atoms with Crippen LogP contribution in [0.5, 0.6) is 0 Å². The fourth-order valence-electron chi connectivity index (χ4n) is 2.51. The molecule has 18 heavy (non-hydrogen) atoms. The second kappa shape index (κ2) is 5.21. The van der Waals surface area contributed by atoms with Gasteiger partial charge in [0, 0.05) is 23.9 Å². The van der Waals surface area contributed by atoms with Crippen molar-refractivity contribution >= 4 is 11.3 Å². The summed E-state index contributed by atoms with van der Waals surface area (Å²) >= 11 is 1.76. The largest absolute Gasteiger partial charge is 0.319 e. The molecule has 1 aliphatic rings. The number of hydrogen-bond donors (Lipinski definition) is 1. The molecule has 2 aromatic rings. The Labute approximate surface area is 112 Å². The molecule has 0 unspecified atom stereocenters. The molecule has 2 nitrogen and oxygen atoms in total. The second-order valence-corrected chi connectivity index (χ2v) is 5.69. The standard InChI is InChI=1S/C15H18N2S/c1-16-8-7-14-10-18-15(17-14)13-6-5-11-3-2-4-12(11)9-13/h5-6,9-10,16H,2-4,7-8H2,1H3. The van der Waals surface area contributed by atoms with Gasteiger partial charge in [-0.05, 0) is 43.5 Å². The summed E-state index contributed by atoms with van der Waals surface area (Å²) in [6.07, 6.45) is 4.81. The summed E-state index contributed by atoms with van der Waals surface area (Å²) in [5, 5.41) is 6.51. The summed E-state index contributed by atoms with van der Waals surface area (Å²) in [7, 11) is 1.98. The number of thiazole rings is 1. The minimum Gasteiger partial charge on any atom is -0.319 e. The lowest BCUT2D eigenvalue weighted by atomic mass is 10.1. The average Bonchev–Trinajstić information content (AvgIpc) is 3.04. The third-order valence-electron chi connectivity index (χ3n) is 3.53. The van der Waals surface area contributed by atoms with E-state index in [4.69, 9.17) is 4.98 Å². The van der Waals surface area contributed by atoms with Crippen LogP contribution in [0.15, 0.2) is 23.6 Å². The Kier molecular flexibility index (Phi) is 3.43. The molecule has 0 bridgehead atoms. The molecule has 1 N–H and O–H groups in total. The van der Waals surface area contributed by atoms with Gasteiger partial charge in [-0.15, -0.1) is 11.3 Å². The fraction of sp³-hybridized carbons (Fsp3) is 0.400. The van der Waals surface area contributed by atoms with Crippen LogP contribution in [-0.2, 0) is 19.3 Å². The highest BCUT2D eigenvalue weighted by Crippen LogP contribution is 2.29. The molecule has 1 heterocycles. The minimum atomic E-state index is 0.993. The molecule has 0 aliphatic heterocycles.